The lowest BCUT2D eigenvalue weighted by molar-refractivity contribution is -0.110. The van der Waals surface area contributed by atoms with Gasteiger partial charge in [0.15, 0.2) is 12.1 Å². The van der Waals surface area contributed by atoms with E-state index in [9.17, 15) is 9.59 Å². The number of hydrogen-bond acceptors (Lipinski definition) is 4. The lowest BCUT2D eigenvalue weighted by atomic mass is 10.1. The molecule has 0 spiro atoms. The number of carboxylic acids is 1. The van der Waals surface area contributed by atoms with Crippen LogP contribution in [0.1, 0.15) is 33.3 Å². The minimum atomic E-state index is -1.51. The van der Waals surface area contributed by atoms with Crippen LogP contribution in [-0.2, 0) is 4.79 Å². The SMILES string of the molecule is O=C(/C=C/c1ccc(C(=O)O)cc1)/C=C/c1ccc(C(O)O)cc1. The van der Waals surface area contributed by atoms with Crippen molar-refractivity contribution in [1.82, 2.24) is 0 Å². The Morgan fingerprint density at radius 1 is 0.792 bits per heavy atom. The number of carbonyl (C=O) groups is 2. The zero-order valence-corrected chi connectivity index (χ0v) is 12.7. The number of carboxylic acid groups (broad SMARTS) is 1. The monoisotopic (exact) mass is 324 g/mol. The van der Waals surface area contributed by atoms with E-state index in [2.05, 4.69) is 0 Å². The van der Waals surface area contributed by atoms with Crippen LogP contribution in [-0.4, -0.2) is 27.1 Å². The van der Waals surface area contributed by atoms with E-state index in [1.165, 1.54) is 24.3 Å². The van der Waals surface area contributed by atoms with Crippen LogP contribution in [0.4, 0.5) is 0 Å². The molecule has 0 aliphatic carbocycles. The Balaban J connectivity index is 1.97. The van der Waals surface area contributed by atoms with Gasteiger partial charge < -0.3 is 15.3 Å². The molecule has 0 fully saturated rings. The molecule has 0 unspecified atom stereocenters. The maximum Gasteiger partial charge on any atom is 0.335 e. The zero-order valence-electron chi connectivity index (χ0n) is 12.7. The molecule has 122 valence electrons. The molecule has 5 nitrogen and oxygen atoms in total. The van der Waals surface area contributed by atoms with Crippen molar-refractivity contribution in [3.8, 4) is 0 Å². The van der Waals surface area contributed by atoms with E-state index in [4.69, 9.17) is 15.3 Å². The Labute approximate surface area is 138 Å². The Hall–Kier alpha value is -3.02. The van der Waals surface area contributed by atoms with Gasteiger partial charge in [0.05, 0.1) is 5.56 Å². The van der Waals surface area contributed by atoms with Crippen LogP contribution in [0.3, 0.4) is 0 Å². The normalized spacial score (nSPS) is 11.5. The van der Waals surface area contributed by atoms with Crippen LogP contribution in [0, 0.1) is 0 Å². The number of ketones is 1. The Morgan fingerprint density at radius 2 is 1.25 bits per heavy atom. The zero-order chi connectivity index (χ0) is 17.5. The second-order valence-corrected chi connectivity index (χ2v) is 5.04. The Kier molecular flexibility index (Phi) is 5.78. The highest BCUT2D eigenvalue weighted by molar-refractivity contribution is 6.04. The first-order valence-electron chi connectivity index (χ1n) is 7.15. The first-order chi connectivity index (χ1) is 11.5. The predicted molar refractivity (Wildman–Crippen MR) is 90.1 cm³/mol. The number of aliphatic hydroxyl groups is 2. The molecular weight excluding hydrogens is 308 g/mol. The number of aromatic carboxylic acids is 1. The lowest BCUT2D eigenvalue weighted by Crippen LogP contribution is -1.94. The quantitative estimate of drug-likeness (QED) is 0.561. The van der Waals surface area contributed by atoms with Gasteiger partial charge in [0.2, 0.25) is 0 Å². The van der Waals surface area contributed by atoms with E-state index < -0.39 is 12.3 Å². The molecule has 0 aromatic heterocycles. The second-order valence-electron chi connectivity index (χ2n) is 5.04. The molecule has 2 aromatic rings. The van der Waals surface area contributed by atoms with E-state index in [1.807, 2.05) is 0 Å². The highest BCUT2D eigenvalue weighted by Crippen LogP contribution is 2.12. The lowest BCUT2D eigenvalue weighted by Gasteiger charge is -2.02. The summed E-state index contributed by atoms with van der Waals surface area (Å²) in [7, 11) is 0. The standard InChI is InChI=1S/C19H16O5/c20-17(11-5-13-1-7-15(8-2-13)18(21)22)12-6-14-3-9-16(10-4-14)19(23)24/h1-12,18,21-22H,(H,23,24)/b11-5+,12-6+. The largest absolute Gasteiger partial charge is 0.478 e. The van der Waals surface area contributed by atoms with E-state index in [0.717, 1.165) is 11.1 Å². The molecule has 2 rings (SSSR count). The van der Waals surface area contributed by atoms with Crippen molar-refractivity contribution in [3.05, 3.63) is 82.9 Å². The molecule has 3 N–H and O–H groups in total. The molecule has 5 heteroatoms. The molecule has 0 saturated carbocycles. The smallest absolute Gasteiger partial charge is 0.335 e. The molecule has 0 radical (unpaired) electrons. The summed E-state index contributed by atoms with van der Waals surface area (Å²) in [6.45, 7) is 0. The fraction of sp³-hybridized carbons (Fsp3) is 0.0526. The van der Waals surface area contributed by atoms with Crippen molar-refractivity contribution in [1.29, 1.82) is 0 Å². The molecule has 0 heterocycles. The van der Waals surface area contributed by atoms with Crippen LogP contribution >= 0.6 is 0 Å². The van der Waals surface area contributed by atoms with Gasteiger partial charge in [-0.3, -0.25) is 4.79 Å². The maximum absolute atomic E-state index is 11.8. The van der Waals surface area contributed by atoms with Gasteiger partial charge in [-0.05, 0) is 35.4 Å². The fourth-order valence-electron chi connectivity index (χ4n) is 1.93. The van der Waals surface area contributed by atoms with E-state index in [-0.39, 0.29) is 11.3 Å². The topological polar surface area (TPSA) is 94.8 Å². The third-order valence-corrected chi connectivity index (χ3v) is 3.27. The van der Waals surface area contributed by atoms with Crippen LogP contribution < -0.4 is 0 Å². The van der Waals surface area contributed by atoms with Crippen molar-refractivity contribution >= 4 is 23.9 Å². The van der Waals surface area contributed by atoms with Gasteiger partial charge in [-0.1, -0.05) is 48.6 Å². The average molecular weight is 324 g/mol. The van der Waals surface area contributed by atoms with Crippen LogP contribution in [0.2, 0.25) is 0 Å². The molecule has 0 bridgehead atoms. The van der Waals surface area contributed by atoms with Crippen molar-refractivity contribution in [3.63, 3.8) is 0 Å². The van der Waals surface area contributed by atoms with Gasteiger partial charge in [0.25, 0.3) is 0 Å². The molecular formula is C19H16O5. The van der Waals surface area contributed by atoms with Gasteiger partial charge in [-0.15, -0.1) is 0 Å². The molecule has 0 aliphatic rings. The summed E-state index contributed by atoms with van der Waals surface area (Å²) in [5.41, 5.74) is 2.05. The highest BCUT2D eigenvalue weighted by Gasteiger charge is 2.01. The number of carbonyl (C=O) groups excluding carboxylic acids is 1. The number of allylic oxidation sites excluding steroid dienone is 2. The fourth-order valence-corrected chi connectivity index (χ4v) is 1.93. The summed E-state index contributed by atoms with van der Waals surface area (Å²) in [5, 5.41) is 26.8. The summed E-state index contributed by atoms with van der Waals surface area (Å²) in [5.74, 6) is -1.21. The van der Waals surface area contributed by atoms with Gasteiger partial charge >= 0.3 is 5.97 Å². The number of aliphatic hydroxyl groups excluding tert-OH is 1. The van der Waals surface area contributed by atoms with E-state index in [0.29, 0.717) is 5.56 Å². The molecule has 2 aromatic carbocycles. The average Bonchev–Trinajstić information content (AvgIpc) is 2.58. The minimum absolute atomic E-state index is 0.190. The first kappa shape index (κ1) is 17.3. The van der Waals surface area contributed by atoms with Gasteiger partial charge in [-0.2, -0.15) is 0 Å². The Morgan fingerprint density at radius 3 is 1.67 bits per heavy atom. The maximum atomic E-state index is 11.8. The molecule has 0 aliphatic heterocycles. The van der Waals surface area contributed by atoms with Gasteiger partial charge in [-0.25, -0.2) is 4.79 Å². The molecule has 0 amide bonds. The van der Waals surface area contributed by atoms with E-state index in [1.54, 1.807) is 48.6 Å². The number of rotatable bonds is 6. The third kappa shape index (κ3) is 5.01. The van der Waals surface area contributed by atoms with Gasteiger partial charge in [0.1, 0.15) is 0 Å². The van der Waals surface area contributed by atoms with Crippen molar-refractivity contribution in [2.45, 2.75) is 6.29 Å². The molecule has 0 atom stereocenters. The number of benzene rings is 2. The highest BCUT2D eigenvalue weighted by atomic mass is 16.5. The molecule has 0 saturated heterocycles. The summed E-state index contributed by atoms with van der Waals surface area (Å²) in [6.07, 6.45) is 4.49. The molecule has 24 heavy (non-hydrogen) atoms. The van der Waals surface area contributed by atoms with E-state index >= 15 is 0 Å². The first-order valence-corrected chi connectivity index (χ1v) is 7.15. The van der Waals surface area contributed by atoms with Crippen molar-refractivity contribution in [2.75, 3.05) is 0 Å². The number of hydrogen-bond donors (Lipinski definition) is 3. The van der Waals surface area contributed by atoms with Crippen molar-refractivity contribution < 1.29 is 24.9 Å². The predicted octanol–water partition coefficient (Wildman–Crippen LogP) is 2.66. The second kappa shape index (κ2) is 8.01. The van der Waals surface area contributed by atoms with Crippen molar-refractivity contribution in [2.24, 2.45) is 0 Å². The van der Waals surface area contributed by atoms with Crippen LogP contribution in [0.25, 0.3) is 12.2 Å². The summed E-state index contributed by atoms with van der Waals surface area (Å²) in [4.78, 5) is 22.5. The Bertz CT molecular complexity index is 768. The van der Waals surface area contributed by atoms with Crippen LogP contribution in [0.5, 0.6) is 0 Å². The van der Waals surface area contributed by atoms with Gasteiger partial charge in [0, 0.05) is 5.56 Å². The third-order valence-electron chi connectivity index (χ3n) is 3.27. The summed E-state index contributed by atoms with van der Waals surface area (Å²) >= 11 is 0. The minimum Gasteiger partial charge on any atom is -0.478 e. The summed E-state index contributed by atoms with van der Waals surface area (Å²) < 4.78 is 0. The van der Waals surface area contributed by atoms with Crippen LogP contribution in [0.15, 0.2) is 60.7 Å². The summed E-state index contributed by atoms with van der Waals surface area (Å²) in [6, 6.07) is 12.7.